The first kappa shape index (κ1) is 21.6. The highest BCUT2D eigenvalue weighted by Gasteiger charge is 2.47. The van der Waals surface area contributed by atoms with Gasteiger partial charge in [0.05, 0.1) is 30.4 Å². The van der Waals surface area contributed by atoms with E-state index in [0.717, 1.165) is 17.0 Å². The van der Waals surface area contributed by atoms with E-state index < -0.39 is 38.2 Å². The van der Waals surface area contributed by atoms with Crippen LogP contribution in [-0.4, -0.2) is 48.9 Å². The number of nitrogens with zero attached hydrogens (tertiary/aromatic N) is 3. The molecule has 1 aromatic heterocycles. The van der Waals surface area contributed by atoms with Gasteiger partial charge in [-0.2, -0.15) is 13.2 Å². The van der Waals surface area contributed by atoms with Crippen LogP contribution in [0.4, 0.5) is 23.7 Å². The topological polar surface area (TPSA) is 96.9 Å². The Morgan fingerprint density at radius 2 is 1.77 bits per heavy atom. The number of imide groups is 1. The second-order valence-electron chi connectivity index (χ2n) is 6.39. The maximum absolute atomic E-state index is 12.8. The number of halogens is 3. The minimum Gasteiger partial charge on any atom is -0.495 e. The highest BCUT2D eigenvalue weighted by molar-refractivity contribution is 7.92. The first-order valence-corrected chi connectivity index (χ1v) is 10.00. The van der Waals surface area contributed by atoms with Gasteiger partial charge in [-0.15, -0.1) is 0 Å². The molecule has 0 N–H and O–H groups in total. The minimum atomic E-state index is -5.53. The second-order valence-corrected chi connectivity index (χ2v) is 8.33. The average molecular weight is 443 g/mol. The van der Waals surface area contributed by atoms with Crippen molar-refractivity contribution in [3.05, 3.63) is 48.3 Å². The molecule has 2 heterocycles. The first-order valence-electron chi connectivity index (χ1n) is 8.52. The van der Waals surface area contributed by atoms with E-state index in [1.54, 1.807) is 6.07 Å². The number of methoxy groups -OCH3 is 1. The van der Waals surface area contributed by atoms with Crippen LogP contribution >= 0.6 is 0 Å². The van der Waals surface area contributed by atoms with Gasteiger partial charge in [0.15, 0.2) is 0 Å². The number of hydrogen-bond donors (Lipinski definition) is 0. The number of alkyl halides is 3. The summed E-state index contributed by atoms with van der Waals surface area (Å²) < 4.78 is 66.2. The van der Waals surface area contributed by atoms with E-state index in [1.807, 2.05) is 0 Å². The number of benzene rings is 1. The number of carbonyl (C=O) groups is 2. The number of rotatable bonds is 5. The number of amides is 3. The standard InChI is InChI=1S/C18H16F3N3O5S/c1-11-16(25)24(13-3-5-14(6-4-13)30(27,28)18(19,20)21)17(26)23(11)10-12-7-8-22-9-15(12)29-2/h3-9,11H,10H2,1-2H3. The van der Waals surface area contributed by atoms with Crippen molar-refractivity contribution >= 4 is 27.5 Å². The van der Waals surface area contributed by atoms with Gasteiger partial charge >= 0.3 is 11.5 Å². The molecular weight excluding hydrogens is 427 g/mol. The summed E-state index contributed by atoms with van der Waals surface area (Å²) in [6, 6.07) is 3.46. The van der Waals surface area contributed by atoms with Crippen LogP contribution in [0, 0.1) is 0 Å². The van der Waals surface area contributed by atoms with Crippen LogP contribution in [-0.2, 0) is 21.2 Å². The van der Waals surface area contributed by atoms with Crippen LogP contribution in [0.5, 0.6) is 5.75 Å². The van der Waals surface area contributed by atoms with Gasteiger partial charge in [-0.1, -0.05) is 0 Å². The van der Waals surface area contributed by atoms with Crippen LogP contribution in [0.1, 0.15) is 12.5 Å². The molecule has 1 unspecified atom stereocenters. The molecule has 1 atom stereocenters. The Morgan fingerprint density at radius 3 is 2.33 bits per heavy atom. The van der Waals surface area contributed by atoms with Crippen molar-refractivity contribution in [2.24, 2.45) is 0 Å². The highest BCUT2D eigenvalue weighted by atomic mass is 32.2. The molecule has 0 saturated carbocycles. The third-order valence-corrected chi connectivity index (χ3v) is 6.13. The van der Waals surface area contributed by atoms with Gasteiger partial charge in [0.1, 0.15) is 11.8 Å². The third-order valence-electron chi connectivity index (χ3n) is 4.62. The molecule has 0 spiro atoms. The van der Waals surface area contributed by atoms with Crippen molar-refractivity contribution in [2.45, 2.75) is 29.9 Å². The van der Waals surface area contributed by atoms with E-state index >= 15 is 0 Å². The van der Waals surface area contributed by atoms with Gasteiger partial charge in [-0.3, -0.25) is 9.78 Å². The fourth-order valence-electron chi connectivity index (χ4n) is 2.97. The summed E-state index contributed by atoms with van der Waals surface area (Å²) in [6.07, 6.45) is 2.96. The van der Waals surface area contributed by atoms with E-state index in [2.05, 4.69) is 4.98 Å². The van der Waals surface area contributed by atoms with E-state index in [-0.39, 0.29) is 12.2 Å². The van der Waals surface area contributed by atoms with Gasteiger partial charge in [-0.05, 0) is 37.3 Å². The number of anilines is 1. The predicted molar refractivity (Wildman–Crippen MR) is 98.4 cm³/mol. The molecule has 2 aromatic rings. The summed E-state index contributed by atoms with van der Waals surface area (Å²) in [5.41, 5.74) is -4.89. The number of pyridine rings is 1. The molecule has 1 aliphatic heterocycles. The predicted octanol–water partition coefficient (Wildman–Crippen LogP) is 2.74. The lowest BCUT2D eigenvalue weighted by atomic mass is 10.2. The summed E-state index contributed by atoms with van der Waals surface area (Å²) in [4.78, 5) is 30.5. The van der Waals surface area contributed by atoms with Crippen molar-refractivity contribution in [2.75, 3.05) is 12.0 Å². The average Bonchev–Trinajstić information content (AvgIpc) is 2.91. The smallest absolute Gasteiger partial charge is 0.495 e. The number of hydrogen-bond acceptors (Lipinski definition) is 6. The summed E-state index contributed by atoms with van der Waals surface area (Å²) in [6.45, 7) is 1.55. The monoisotopic (exact) mass is 443 g/mol. The zero-order valence-corrected chi connectivity index (χ0v) is 16.6. The number of aromatic nitrogens is 1. The molecule has 30 heavy (non-hydrogen) atoms. The molecule has 12 heteroatoms. The van der Waals surface area contributed by atoms with Crippen LogP contribution in [0.25, 0.3) is 0 Å². The highest BCUT2D eigenvalue weighted by Crippen LogP contribution is 2.33. The van der Waals surface area contributed by atoms with Crippen LogP contribution in [0.15, 0.2) is 47.6 Å². The van der Waals surface area contributed by atoms with Crippen LogP contribution < -0.4 is 9.64 Å². The molecule has 0 bridgehead atoms. The molecule has 0 radical (unpaired) electrons. The summed E-state index contributed by atoms with van der Waals surface area (Å²) in [5.74, 6) is -0.176. The van der Waals surface area contributed by atoms with E-state index in [1.165, 1.54) is 31.3 Å². The summed E-state index contributed by atoms with van der Waals surface area (Å²) >= 11 is 0. The molecule has 1 fully saturated rings. The maximum atomic E-state index is 12.8. The third kappa shape index (κ3) is 3.58. The molecule has 1 saturated heterocycles. The molecule has 1 aliphatic rings. The quantitative estimate of drug-likeness (QED) is 0.660. The Hall–Kier alpha value is -3.15. The zero-order chi connectivity index (χ0) is 22.3. The Morgan fingerprint density at radius 1 is 1.13 bits per heavy atom. The van der Waals surface area contributed by atoms with Gasteiger partial charge in [0.2, 0.25) is 0 Å². The first-order chi connectivity index (χ1) is 14.0. The van der Waals surface area contributed by atoms with Crippen LogP contribution in [0.2, 0.25) is 0 Å². The van der Waals surface area contributed by atoms with E-state index in [9.17, 15) is 31.2 Å². The van der Waals surface area contributed by atoms with Crippen molar-refractivity contribution in [3.63, 3.8) is 0 Å². The Balaban J connectivity index is 1.89. The zero-order valence-electron chi connectivity index (χ0n) is 15.8. The van der Waals surface area contributed by atoms with E-state index in [0.29, 0.717) is 23.4 Å². The normalized spacial score (nSPS) is 17.6. The Kier molecular flexibility index (Phi) is 5.46. The molecular formula is C18H16F3N3O5S. The second kappa shape index (κ2) is 7.59. The lowest BCUT2D eigenvalue weighted by Gasteiger charge is -2.20. The molecule has 8 nitrogen and oxygen atoms in total. The number of sulfone groups is 1. The van der Waals surface area contributed by atoms with Crippen molar-refractivity contribution in [1.29, 1.82) is 0 Å². The van der Waals surface area contributed by atoms with Crippen molar-refractivity contribution in [1.82, 2.24) is 9.88 Å². The molecule has 1 aromatic carbocycles. The fourth-order valence-corrected chi connectivity index (χ4v) is 3.73. The van der Waals surface area contributed by atoms with Crippen molar-refractivity contribution < 1.29 is 35.9 Å². The summed E-state index contributed by atoms with van der Waals surface area (Å²) in [5, 5.41) is 0. The van der Waals surface area contributed by atoms with Gasteiger partial charge in [0, 0.05) is 11.8 Å². The SMILES string of the molecule is COc1cnccc1CN1C(=O)N(c2ccc(S(=O)(=O)C(F)(F)F)cc2)C(=O)C1C. The van der Waals surface area contributed by atoms with Crippen molar-refractivity contribution in [3.8, 4) is 5.75 Å². The maximum Gasteiger partial charge on any atom is 0.501 e. The number of ether oxygens (including phenoxy) is 1. The van der Waals surface area contributed by atoms with Gasteiger partial charge in [0.25, 0.3) is 15.7 Å². The fraction of sp³-hybridized carbons (Fsp3) is 0.278. The lowest BCUT2D eigenvalue weighted by molar-refractivity contribution is -0.119. The molecule has 3 rings (SSSR count). The molecule has 160 valence electrons. The minimum absolute atomic E-state index is 0.0362. The largest absolute Gasteiger partial charge is 0.501 e. The summed E-state index contributed by atoms with van der Waals surface area (Å²) in [7, 11) is -4.10. The lowest BCUT2D eigenvalue weighted by Crippen LogP contribution is -2.33. The van der Waals surface area contributed by atoms with Gasteiger partial charge < -0.3 is 9.64 Å². The van der Waals surface area contributed by atoms with Crippen LogP contribution in [0.3, 0.4) is 0 Å². The number of urea groups is 1. The van der Waals surface area contributed by atoms with E-state index in [4.69, 9.17) is 4.74 Å². The Labute approximate surface area is 169 Å². The molecule has 0 aliphatic carbocycles. The Bertz CT molecular complexity index is 1090. The number of carbonyl (C=O) groups excluding carboxylic acids is 2. The van der Waals surface area contributed by atoms with Gasteiger partial charge in [-0.25, -0.2) is 18.1 Å². The molecule has 3 amide bonds.